The van der Waals surface area contributed by atoms with Crippen molar-refractivity contribution in [1.29, 1.82) is 0 Å². The van der Waals surface area contributed by atoms with Crippen molar-refractivity contribution in [3.8, 4) is 61.3 Å². The zero-order chi connectivity index (χ0) is 37.6. The van der Waals surface area contributed by atoms with Gasteiger partial charge in [-0.25, -0.2) is 0 Å². The summed E-state index contributed by atoms with van der Waals surface area (Å²) in [6.07, 6.45) is 0.896. The van der Waals surface area contributed by atoms with Crippen LogP contribution in [0.15, 0.2) is 185 Å². The molecular weight excluding hydrogens is 707 g/mol. The van der Waals surface area contributed by atoms with Crippen LogP contribution in [-0.4, -0.2) is 4.57 Å². The van der Waals surface area contributed by atoms with E-state index in [0.29, 0.717) is 0 Å². The second-order valence-corrected chi connectivity index (χ2v) is 15.9. The molecule has 0 saturated heterocycles. The minimum atomic E-state index is 0.889. The number of aromatic nitrogens is 1. The van der Waals surface area contributed by atoms with Crippen LogP contribution in [-0.2, 0) is 6.42 Å². The van der Waals surface area contributed by atoms with Crippen molar-refractivity contribution >= 4 is 65.7 Å². The third kappa shape index (κ3) is 3.92. The van der Waals surface area contributed by atoms with Crippen LogP contribution >= 0.6 is 0 Å². The monoisotopic (exact) mass is 737 g/mol. The van der Waals surface area contributed by atoms with Crippen molar-refractivity contribution in [1.82, 2.24) is 4.57 Å². The van der Waals surface area contributed by atoms with Crippen LogP contribution in [0.1, 0.15) is 11.1 Å². The average Bonchev–Trinajstić information content (AvgIpc) is 4.03. The molecule has 9 aromatic carbocycles. The number of rotatable bonds is 1. The van der Waals surface area contributed by atoms with Gasteiger partial charge in [-0.1, -0.05) is 109 Å². The Balaban J connectivity index is 1.22. The predicted octanol–water partition coefficient (Wildman–Crippen LogP) is 15.1. The van der Waals surface area contributed by atoms with Gasteiger partial charge in [0.15, 0.2) is 0 Å². The second-order valence-electron chi connectivity index (χ2n) is 15.9. The maximum absolute atomic E-state index is 7.00. The Hall–Kier alpha value is -7.62. The van der Waals surface area contributed by atoms with Crippen molar-refractivity contribution in [2.24, 2.45) is 0 Å². The number of nitrogens with zero attached hydrogens (tertiary/aromatic N) is 1. The molecule has 0 N–H and O–H groups in total. The maximum atomic E-state index is 7.00. The average molecular weight is 738 g/mol. The molecule has 3 heteroatoms. The van der Waals surface area contributed by atoms with E-state index < -0.39 is 0 Å². The molecule has 58 heavy (non-hydrogen) atoms. The summed E-state index contributed by atoms with van der Waals surface area (Å²) in [6, 6.07) is 64.4. The number of para-hydroxylation sites is 4. The summed E-state index contributed by atoms with van der Waals surface area (Å²) in [4.78, 5) is 0. The Kier molecular flexibility index (Phi) is 5.81. The Labute approximate surface area is 332 Å². The minimum Gasteiger partial charge on any atom is -0.455 e. The van der Waals surface area contributed by atoms with Gasteiger partial charge in [0.2, 0.25) is 0 Å². The van der Waals surface area contributed by atoms with E-state index in [9.17, 15) is 0 Å². The van der Waals surface area contributed by atoms with E-state index >= 15 is 0 Å². The Bertz CT molecular complexity index is 3760. The summed E-state index contributed by atoms with van der Waals surface area (Å²) in [6.45, 7) is 0. The largest absolute Gasteiger partial charge is 0.455 e. The lowest BCUT2D eigenvalue weighted by Gasteiger charge is -2.25. The van der Waals surface area contributed by atoms with E-state index in [-0.39, 0.29) is 0 Å². The molecule has 0 saturated carbocycles. The van der Waals surface area contributed by atoms with Gasteiger partial charge >= 0.3 is 0 Å². The van der Waals surface area contributed by atoms with Gasteiger partial charge in [0, 0.05) is 49.1 Å². The van der Waals surface area contributed by atoms with Gasteiger partial charge in [-0.3, -0.25) is 0 Å². The Morgan fingerprint density at radius 2 is 0.914 bits per heavy atom. The molecule has 3 heterocycles. The highest BCUT2D eigenvalue weighted by molar-refractivity contribution is 6.22. The summed E-state index contributed by atoms with van der Waals surface area (Å²) < 4.78 is 16.4. The first-order valence-electron chi connectivity index (χ1n) is 20.0. The summed E-state index contributed by atoms with van der Waals surface area (Å²) in [7, 11) is 0. The SMILES string of the molecule is c1ccc(-n2c3ccccc3c3cc4c(cc32)-c2cc3c(cc2-c2c(ccc5c2oc2ccccc25)-c2ccc5c(oc6ccccc65)c2-4)-c2ccccc2C3)cc1. The molecule has 14 rings (SSSR count). The lowest BCUT2D eigenvalue weighted by molar-refractivity contribution is 0.669. The first-order valence-corrected chi connectivity index (χ1v) is 20.0. The molecule has 0 atom stereocenters. The number of hydrogen-bond acceptors (Lipinski definition) is 2. The van der Waals surface area contributed by atoms with Crippen molar-refractivity contribution in [2.45, 2.75) is 6.42 Å². The van der Waals surface area contributed by atoms with Crippen LogP contribution in [0.4, 0.5) is 0 Å². The maximum Gasteiger partial charge on any atom is 0.143 e. The number of furan rings is 2. The molecular formula is C55H31NO2. The lowest BCUT2D eigenvalue weighted by atomic mass is 9.78. The summed E-state index contributed by atoms with van der Waals surface area (Å²) in [5.74, 6) is 0. The third-order valence-electron chi connectivity index (χ3n) is 13.0. The Morgan fingerprint density at radius 1 is 0.328 bits per heavy atom. The summed E-state index contributed by atoms with van der Waals surface area (Å²) in [5.41, 5.74) is 21.6. The molecule has 0 aliphatic heterocycles. The zero-order valence-electron chi connectivity index (χ0n) is 31.2. The first kappa shape index (κ1) is 30.6. The van der Waals surface area contributed by atoms with Gasteiger partial charge < -0.3 is 13.4 Å². The quantitative estimate of drug-likeness (QED) is 0.168. The topological polar surface area (TPSA) is 31.2 Å². The van der Waals surface area contributed by atoms with Crippen molar-refractivity contribution in [2.75, 3.05) is 0 Å². The van der Waals surface area contributed by atoms with Crippen LogP contribution in [0.3, 0.4) is 0 Å². The van der Waals surface area contributed by atoms with Gasteiger partial charge in [-0.05, 0) is 129 Å². The second kappa shape index (κ2) is 11.0. The highest BCUT2D eigenvalue weighted by atomic mass is 16.3. The molecule has 2 aliphatic carbocycles. The van der Waals surface area contributed by atoms with E-state index in [1.807, 2.05) is 0 Å². The zero-order valence-corrected chi connectivity index (χ0v) is 31.2. The van der Waals surface area contributed by atoms with Crippen molar-refractivity contribution in [3.05, 3.63) is 187 Å². The molecule has 2 aliphatic rings. The molecule has 268 valence electrons. The van der Waals surface area contributed by atoms with Crippen LogP contribution in [0.25, 0.3) is 127 Å². The first-order chi connectivity index (χ1) is 28.8. The molecule has 0 amide bonds. The lowest BCUT2D eigenvalue weighted by Crippen LogP contribution is -2.00. The van der Waals surface area contributed by atoms with Crippen LogP contribution in [0.2, 0.25) is 0 Å². The standard InChI is InChI=1S/C55H31NO2/c1-2-13-33(14-3-1)56-48-19-9-6-16-35(48)45-29-47-44(30-49(45)56)43-27-32-26-31-12-4-5-15-34(31)42(32)28-46(43)52-38(22-24-40-36-17-7-10-20-50(36)57-54(40)52)39-23-25-41-37-18-8-11-21-51(37)58-55(41)53(39)47/h1-25,27-30H,26H2. The molecule has 0 unspecified atom stereocenters. The molecule has 0 fully saturated rings. The molecule has 0 spiro atoms. The van der Waals surface area contributed by atoms with Crippen LogP contribution in [0.5, 0.6) is 0 Å². The summed E-state index contributed by atoms with van der Waals surface area (Å²) in [5, 5.41) is 6.91. The molecule has 3 aromatic heterocycles. The molecule has 12 aromatic rings. The number of benzene rings is 9. The fourth-order valence-corrected chi connectivity index (χ4v) is 10.5. The van der Waals surface area contributed by atoms with Gasteiger partial charge in [-0.15, -0.1) is 0 Å². The van der Waals surface area contributed by atoms with Gasteiger partial charge in [0.1, 0.15) is 22.3 Å². The van der Waals surface area contributed by atoms with E-state index in [1.165, 1.54) is 60.8 Å². The Morgan fingerprint density at radius 3 is 1.64 bits per heavy atom. The van der Waals surface area contributed by atoms with Gasteiger partial charge in [0.05, 0.1) is 11.0 Å². The van der Waals surface area contributed by atoms with Crippen molar-refractivity contribution < 1.29 is 8.83 Å². The highest BCUT2D eigenvalue weighted by Gasteiger charge is 2.32. The molecule has 0 radical (unpaired) electrons. The van der Waals surface area contributed by atoms with Gasteiger partial charge in [-0.2, -0.15) is 0 Å². The predicted molar refractivity (Wildman–Crippen MR) is 239 cm³/mol. The van der Waals surface area contributed by atoms with E-state index in [1.54, 1.807) is 0 Å². The number of fused-ring (bicyclic) bond motifs is 22. The normalized spacial score (nSPS) is 12.8. The van der Waals surface area contributed by atoms with E-state index in [2.05, 4.69) is 180 Å². The molecule has 3 nitrogen and oxygen atoms in total. The fraction of sp³-hybridized carbons (Fsp3) is 0.0182. The fourth-order valence-electron chi connectivity index (χ4n) is 10.5. The minimum absolute atomic E-state index is 0.889. The smallest absolute Gasteiger partial charge is 0.143 e. The van der Waals surface area contributed by atoms with Crippen molar-refractivity contribution in [3.63, 3.8) is 0 Å². The van der Waals surface area contributed by atoms with Crippen LogP contribution < -0.4 is 0 Å². The van der Waals surface area contributed by atoms with Crippen LogP contribution in [0, 0.1) is 0 Å². The highest BCUT2D eigenvalue weighted by Crippen LogP contribution is 2.56. The summed E-state index contributed by atoms with van der Waals surface area (Å²) >= 11 is 0. The number of hydrogen-bond donors (Lipinski definition) is 0. The molecule has 0 bridgehead atoms. The van der Waals surface area contributed by atoms with E-state index in [0.717, 1.165) is 83.8 Å². The third-order valence-corrected chi connectivity index (χ3v) is 13.0. The van der Waals surface area contributed by atoms with Gasteiger partial charge in [0.25, 0.3) is 0 Å². The van der Waals surface area contributed by atoms with E-state index in [4.69, 9.17) is 8.83 Å².